The Balaban J connectivity index is 1.50. The molecular formula is C29H28BrF2N5O3S. The molecule has 3 saturated heterocycles. The molecule has 0 radical (unpaired) electrons. The van der Waals surface area contributed by atoms with E-state index in [2.05, 4.69) is 26.6 Å². The lowest BCUT2D eigenvalue weighted by Gasteiger charge is -2.40. The molecule has 0 spiro atoms. The van der Waals surface area contributed by atoms with Gasteiger partial charge in [-0.25, -0.2) is 18.6 Å². The number of likely N-dealkylation sites (tertiary alicyclic amines) is 1. The summed E-state index contributed by atoms with van der Waals surface area (Å²) in [6.45, 7) is 0.875. The first-order valence-electron chi connectivity index (χ1n) is 13.9. The van der Waals surface area contributed by atoms with Gasteiger partial charge < -0.3 is 19.5 Å². The summed E-state index contributed by atoms with van der Waals surface area (Å²) in [4.78, 5) is 33.3. The van der Waals surface area contributed by atoms with Gasteiger partial charge in [-0.15, -0.1) is 11.8 Å². The Morgan fingerprint density at radius 3 is 2.73 bits per heavy atom. The highest BCUT2D eigenvalue weighted by molar-refractivity contribution is 9.10. The van der Waals surface area contributed by atoms with Crippen LogP contribution in [-0.2, 0) is 11.2 Å². The second-order valence-electron chi connectivity index (χ2n) is 11.7. The number of rotatable bonds is 6. The van der Waals surface area contributed by atoms with Crippen LogP contribution in [0, 0.1) is 23.1 Å². The molecule has 8 nitrogen and oxygen atoms in total. The smallest absolute Gasteiger partial charge is 0.407 e. The van der Waals surface area contributed by atoms with E-state index in [0.29, 0.717) is 41.9 Å². The van der Waals surface area contributed by atoms with Crippen LogP contribution in [0.25, 0.3) is 21.8 Å². The van der Waals surface area contributed by atoms with Gasteiger partial charge in [0.2, 0.25) is 0 Å². The third-order valence-corrected chi connectivity index (χ3v) is 11.0. The third kappa shape index (κ3) is 3.91. The number of aryl methyl sites for hydroxylation is 1. The van der Waals surface area contributed by atoms with Crippen LogP contribution in [0.4, 0.5) is 13.6 Å². The maximum absolute atomic E-state index is 15.9. The van der Waals surface area contributed by atoms with Gasteiger partial charge >= 0.3 is 6.09 Å². The Kier molecular flexibility index (Phi) is 6.28. The zero-order valence-corrected chi connectivity index (χ0v) is 24.8. The lowest BCUT2D eigenvalue weighted by Crippen LogP contribution is -2.44. The number of aromatic nitrogens is 2. The molecule has 3 aromatic rings. The minimum absolute atomic E-state index is 0.0752. The Morgan fingerprint density at radius 1 is 1.29 bits per heavy atom. The van der Waals surface area contributed by atoms with Crippen molar-refractivity contribution in [2.24, 2.45) is 5.92 Å². The first-order chi connectivity index (χ1) is 19.7. The van der Waals surface area contributed by atoms with E-state index < -0.39 is 23.5 Å². The van der Waals surface area contributed by atoms with Crippen LogP contribution in [-0.4, -0.2) is 67.5 Å². The number of pyridine rings is 1. The largest absolute Gasteiger partial charge is 0.465 e. The summed E-state index contributed by atoms with van der Waals surface area (Å²) >= 11 is 4.78. The van der Waals surface area contributed by atoms with Crippen molar-refractivity contribution >= 4 is 61.5 Å². The monoisotopic (exact) mass is 643 g/mol. The molecular weight excluding hydrogens is 616 g/mol. The quantitative estimate of drug-likeness (QED) is 0.314. The van der Waals surface area contributed by atoms with Crippen molar-refractivity contribution in [1.82, 2.24) is 19.4 Å². The number of carboxylic acid groups (broad SMARTS) is 1. The second-order valence-corrected chi connectivity index (χ2v) is 13.2. The van der Waals surface area contributed by atoms with Gasteiger partial charge in [-0.1, -0.05) is 0 Å². The maximum Gasteiger partial charge on any atom is 0.407 e. The van der Waals surface area contributed by atoms with Gasteiger partial charge in [-0.3, -0.25) is 4.79 Å². The van der Waals surface area contributed by atoms with Gasteiger partial charge in [-0.2, -0.15) is 5.26 Å². The van der Waals surface area contributed by atoms with E-state index in [1.54, 1.807) is 4.90 Å². The number of benzene rings is 1. The predicted octanol–water partition coefficient (Wildman–Crippen LogP) is 6.36. The number of thioether (sulfide) groups is 1. The van der Waals surface area contributed by atoms with Crippen molar-refractivity contribution < 1.29 is 23.5 Å². The molecule has 0 unspecified atom stereocenters. The number of amides is 2. The van der Waals surface area contributed by atoms with Crippen molar-refractivity contribution in [1.29, 1.82) is 5.26 Å². The topological polar surface area (TPSA) is 102 Å². The summed E-state index contributed by atoms with van der Waals surface area (Å²) < 4.78 is 33.4. The Morgan fingerprint density at radius 2 is 2.07 bits per heavy atom. The van der Waals surface area contributed by atoms with E-state index in [1.165, 1.54) is 16.7 Å². The Bertz CT molecular complexity index is 1680. The van der Waals surface area contributed by atoms with Gasteiger partial charge in [0.15, 0.2) is 11.5 Å². The average molecular weight is 645 g/mol. The molecule has 8 rings (SSSR count). The molecule has 12 heteroatoms. The molecule has 1 aromatic carbocycles. The van der Waals surface area contributed by atoms with E-state index in [0.717, 1.165) is 29.4 Å². The van der Waals surface area contributed by atoms with Crippen LogP contribution in [0.15, 0.2) is 21.6 Å². The first-order valence-corrected chi connectivity index (χ1v) is 16.0. The number of alkyl halides is 1. The number of fused-ring (bicyclic) bond motifs is 4. The molecule has 5 fully saturated rings. The summed E-state index contributed by atoms with van der Waals surface area (Å²) in [6.07, 6.45) is 4.11. The van der Waals surface area contributed by atoms with Crippen molar-refractivity contribution in [3.05, 3.63) is 33.7 Å². The van der Waals surface area contributed by atoms with Gasteiger partial charge in [0.1, 0.15) is 10.5 Å². The normalized spacial score (nSPS) is 26.0. The van der Waals surface area contributed by atoms with E-state index in [9.17, 15) is 20.0 Å². The predicted molar refractivity (Wildman–Crippen MR) is 153 cm³/mol. The fourth-order valence-corrected chi connectivity index (χ4v) is 8.36. The van der Waals surface area contributed by atoms with Crippen LogP contribution in [0.1, 0.15) is 61.9 Å². The summed E-state index contributed by atoms with van der Waals surface area (Å²) in [6, 6.07) is 5.22. The third-order valence-electron chi connectivity index (χ3n) is 9.45. The van der Waals surface area contributed by atoms with Gasteiger partial charge in [-0.05, 0) is 78.4 Å². The van der Waals surface area contributed by atoms with Crippen LogP contribution < -0.4 is 0 Å². The van der Waals surface area contributed by atoms with E-state index in [1.807, 2.05) is 18.4 Å². The van der Waals surface area contributed by atoms with Crippen molar-refractivity contribution in [3.8, 4) is 6.07 Å². The molecule has 2 saturated carbocycles. The number of halogens is 3. The molecule has 4 atom stereocenters. The maximum atomic E-state index is 15.9. The molecule has 3 aliphatic heterocycles. The molecule has 2 bridgehead atoms. The van der Waals surface area contributed by atoms with Crippen molar-refractivity contribution in [2.45, 2.75) is 73.8 Å². The number of carbonyl (C=O) groups excluding carboxylic acids is 1. The fourth-order valence-electron chi connectivity index (χ4n) is 7.30. The molecule has 2 amide bonds. The van der Waals surface area contributed by atoms with Crippen LogP contribution in [0.3, 0.4) is 0 Å². The van der Waals surface area contributed by atoms with Gasteiger partial charge in [0.25, 0.3) is 5.91 Å². The molecule has 5 heterocycles. The zero-order chi connectivity index (χ0) is 28.8. The molecule has 2 aromatic heterocycles. The highest BCUT2D eigenvalue weighted by Crippen LogP contribution is 2.54. The Hall–Kier alpha value is -2.91. The van der Waals surface area contributed by atoms with E-state index in [-0.39, 0.29) is 53.3 Å². The minimum atomic E-state index is -1.79. The van der Waals surface area contributed by atoms with Crippen molar-refractivity contribution in [3.63, 3.8) is 0 Å². The number of carbonyl (C=O) groups is 2. The number of hydrogen-bond donors (Lipinski definition) is 1. The molecule has 2 aliphatic carbocycles. The minimum Gasteiger partial charge on any atom is -0.465 e. The lowest BCUT2D eigenvalue weighted by atomic mass is 9.79. The van der Waals surface area contributed by atoms with Gasteiger partial charge in [0.05, 0.1) is 34.2 Å². The molecule has 5 aliphatic rings. The highest BCUT2D eigenvalue weighted by atomic mass is 79.9. The lowest BCUT2D eigenvalue weighted by molar-refractivity contribution is -0.139. The Labute approximate surface area is 247 Å². The van der Waals surface area contributed by atoms with E-state index in [4.69, 9.17) is 4.98 Å². The fraction of sp³-hybridized carbons (Fsp3) is 0.517. The number of hydrogen-bond acceptors (Lipinski definition) is 5. The second kappa shape index (κ2) is 9.56. The van der Waals surface area contributed by atoms with Crippen molar-refractivity contribution in [2.75, 3.05) is 19.3 Å². The summed E-state index contributed by atoms with van der Waals surface area (Å²) in [7, 11) is 0. The van der Waals surface area contributed by atoms with Gasteiger partial charge in [0, 0.05) is 41.9 Å². The standard InChI is InChI=1S/C29H28BrF2N5O3S/c1-41-26-17-12-19(18-5-3-9-35(18)27(38)29(32)6-7-29)37(24-15-11-20(24)36(13-15)28(39)40)25(17)16-10-14(4-2-8-33)21(30)22(31)23(16)34-26/h10,12,15,18,20,24H,2-7,9,11,13H2,1H3,(H,39,40)/t15-,18-,20-,24+/m1/s1. The number of nitrogens with zero attached hydrogens (tertiary/aromatic N) is 5. The SMILES string of the molecule is CSc1nc2c(F)c(Br)c(CCC#N)cc2c2c1cc([C@H]1CCCN1C(=O)C1(F)CC1)n2[C@H]1[C@@H]2C[C@H]1N(C(=O)O)C2. The van der Waals surface area contributed by atoms with E-state index >= 15 is 8.78 Å². The highest BCUT2D eigenvalue weighted by Gasteiger charge is 2.57. The van der Waals surface area contributed by atoms with Crippen LogP contribution in [0.2, 0.25) is 0 Å². The van der Waals surface area contributed by atoms with Crippen LogP contribution >= 0.6 is 27.7 Å². The zero-order valence-electron chi connectivity index (χ0n) is 22.4. The first kappa shape index (κ1) is 27.0. The average Bonchev–Trinajstić information content (AvgIpc) is 3.41. The molecule has 1 N–H and O–H groups in total. The summed E-state index contributed by atoms with van der Waals surface area (Å²) in [5.41, 5.74) is 0.640. The molecule has 41 heavy (non-hydrogen) atoms. The number of nitriles is 1. The summed E-state index contributed by atoms with van der Waals surface area (Å²) in [5.74, 6) is -0.898. The van der Waals surface area contributed by atoms with Crippen LogP contribution in [0.5, 0.6) is 0 Å². The summed E-state index contributed by atoms with van der Waals surface area (Å²) in [5, 5.41) is 21.1. The molecule has 214 valence electrons.